The Balaban J connectivity index is 2.42. The van der Waals surface area contributed by atoms with Gasteiger partial charge in [-0.25, -0.2) is 14.0 Å². The lowest BCUT2D eigenvalue weighted by molar-refractivity contribution is 0.714. The maximum Gasteiger partial charge on any atom is 0.351 e. The number of hydrogen-bond donors (Lipinski definition) is 0. The van der Waals surface area contributed by atoms with Crippen molar-refractivity contribution in [3.63, 3.8) is 0 Å². The number of aromatic nitrogens is 3. The Morgan fingerprint density at radius 2 is 2.00 bits per heavy atom. The molecule has 1 aromatic heterocycles. The number of benzene rings is 1. The highest BCUT2D eigenvalue weighted by atomic mass is 32.1. The molecule has 0 bridgehead atoms. The van der Waals surface area contributed by atoms with Gasteiger partial charge in [0.05, 0.1) is 5.69 Å². The van der Waals surface area contributed by atoms with E-state index in [9.17, 15) is 4.79 Å². The Kier molecular flexibility index (Phi) is 3.14. The van der Waals surface area contributed by atoms with Gasteiger partial charge in [0, 0.05) is 0 Å². The lowest BCUT2D eigenvalue weighted by Crippen LogP contribution is -2.22. The van der Waals surface area contributed by atoms with Gasteiger partial charge >= 0.3 is 5.69 Å². The lowest BCUT2D eigenvalue weighted by atomic mass is 10.1. The molecule has 2 rings (SSSR count). The third-order valence-corrected chi connectivity index (χ3v) is 2.72. The maximum absolute atomic E-state index is 11.8. The third kappa shape index (κ3) is 1.90. The third-order valence-electron chi connectivity index (χ3n) is 2.48. The van der Waals surface area contributed by atoms with Crippen molar-refractivity contribution in [3.05, 3.63) is 46.6 Å². The van der Waals surface area contributed by atoms with Gasteiger partial charge in [-0.1, -0.05) is 31.7 Å². The summed E-state index contributed by atoms with van der Waals surface area (Å²) in [5, 5.41) is 3.92. The molecule has 0 unspecified atom stereocenters. The normalized spacial score (nSPS) is 10.6. The Morgan fingerprint density at radius 1 is 1.31 bits per heavy atom. The summed E-state index contributed by atoms with van der Waals surface area (Å²) in [4.78, 5) is 11.8. The van der Waals surface area contributed by atoms with Crippen LogP contribution in [-0.2, 0) is 12.3 Å². The van der Waals surface area contributed by atoms with Crippen LogP contribution in [0, 0.1) is 0 Å². The van der Waals surface area contributed by atoms with Crippen LogP contribution < -0.4 is 5.69 Å². The molecule has 1 radical (unpaired) electrons. The maximum atomic E-state index is 11.8. The molecule has 4 nitrogen and oxygen atoms in total. The number of nitrogens with zero attached hydrogens (tertiary/aromatic N) is 3. The quantitative estimate of drug-likeness (QED) is 0.811. The fourth-order valence-corrected chi connectivity index (χ4v) is 1.67. The second-order valence-electron chi connectivity index (χ2n) is 3.43. The van der Waals surface area contributed by atoms with Crippen molar-refractivity contribution in [2.45, 2.75) is 19.2 Å². The molecule has 1 aromatic carbocycles. The smallest absolute Gasteiger partial charge is 0.250 e. The number of aryl methyl sites for hydroxylation is 1. The molecule has 0 atom stereocenters. The Bertz CT molecular complexity index is 527. The van der Waals surface area contributed by atoms with Gasteiger partial charge in [-0.15, -0.1) is 0 Å². The van der Waals surface area contributed by atoms with Crippen molar-refractivity contribution in [2.24, 2.45) is 0 Å². The Morgan fingerprint density at radius 3 is 2.50 bits per heavy atom. The van der Waals surface area contributed by atoms with Crippen LogP contribution in [0.1, 0.15) is 12.5 Å². The van der Waals surface area contributed by atoms with Crippen molar-refractivity contribution in [1.29, 1.82) is 0 Å². The number of rotatable bonds is 3. The fraction of sp³-hybridized carbons (Fsp3) is 0.273. The highest BCUT2D eigenvalue weighted by molar-refractivity contribution is 7.79. The summed E-state index contributed by atoms with van der Waals surface area (Å²) in [6, 6.07) is 7.84. The molecule has 0 N–H and O–H groups in total. The van der Waals surface area contributed by atoms with Crippen LogP contribution in [0.4, 0.5) is 0 Å². The molecule has 0 aliphatic heterocycles. The largest absolute Gasteiger partial charge is 0.351 e. The van der Waals surface area contributed by atoms with Gasteiger partial charge in [-0.05, 0) is 24.1 Å². The lowest BCUT2D eigenvalue weighted by Gasteiger charge is -2.01. The molecule has 2 aromatic rings. The summed E-state index contributed by atoms with van der Waals surface area (Å²) >= 11 is 4.80. The van der Waals surface area contributed by atoms with Gasteiger partial charge in [-0.2, -0.15) is 5.10 Å². The van der Waals surface area contributed by atoms with Crippen LogP contribution >= 0.6 is 12.6 Å². The summed E-state index contributed by atoms with van der Waals surface area (Å²) in [6.07, 6.45) is 2.48. The summed E-state index contributed by atoms with van der Waals surface area (Å²) in [5.74, 6) is 0.179. The first kappa shape index (κ1) is 11.0. The van der Waals surface area contributed by atoms with Crippen LogP contribution in [0.25, 0.3) is 5.69 Å². The topological polar surface area (TPSA) is 39.8 Å². The molecule has 83 valence electrons. The van der Waals surface area contributed by atoms with E-state index < -0.39 is 0 Å². The molecular formula is C11H12N3OS. The van der Waals surface area contributed by atoms with E-state index >= 15 is 0 Å². The fourth-order valence-electron chi connectivity index (χ4n) is 1.50. The Hall–Kier alpha value is -1.49. The molecule has 5 heteroatoms. The number of hydrogen-bond acceptors (Lipinski definition) is 2. The molecule has 0 spiro atoms. The molecule has 1 heterocycles. The zero-order valence-corrected chi connectivity index (χ0v) is 9.78. The first-order chi connectivity index (χ1) is 7.76. The SMILES string of the molecule is CCc1ccc(-n2cnn(C[S])c2=O)cc1. The van der Waals surface area contributed by atoms with E-state index in [1.165, 1.54) is 21.1 Å². The van der Waals surface area contributed by atoms with Gasteiger partial charge in [0.1, 0.15) is 12.2 Å². The van der Waals surface area contributed by atoms with Crippen molar-refractivity contribution in [2.75, 3.05) is 0 Å². The van der Waals surface area contributed by atoms with Crippen LogP contribution in [0.3, 0.4) is 0 Å². The van der Waals surface area contributed by atoms with Crippen LogP contribution in [0.5, 0.6) is 0 Å². The van der Waals surface area contributed by atoms with E-state index in [1.807, 2.05) is 24.3 Å². The van der Waals surface area contributed by atoms with E-state index in [0.29, 0.717) is 0 Å². The highest BCUT2D eigenvalue weighted by Crippen LogP contribution is 2.07. The van der Waals surface area contributed by atoms with Gasteiger partial charge in [0.2, 0.25) is 0 Å². The van der Waals surface area contributed by atoms with E-state index in [1.54, 1.807) is 0 Å². The Labute approximate surface area is 98.9 Å². The van der Waals surface area contributed by atoms with E-state index in [2.05, 4.69) is 12.0 Å². The minimum absolute atomic E-state index is 0.179. The first-order valence-electron chi connectivity index (χ1n) is 5.08. The molecule has 0 aliphatic carbocycles. The van der Waals surface area contributed by atoms with E-state index in [-0.39, 0.29) is 11.6 Å². The average molecular weight is 234 g/mol. The van der Waals surface area contributed by atoms with Crippen molar-refractivity contribution in [1.82, 2.24) is 14.3 Å². The van der Waals surface area contributed by atoms with Gasteiger partial charge < -0.3 is 0 Å². The monoisotopic (exact) mass is 234 g/mol. The van der Waals surface area contributed by atoms with Gasteiger partial charge in [-0.3, -0.25) is 0 Å². The molecule has 0 fully saturated rings. The summed E-state index contributed by atoms with van der Waals surface area (Å²) < 4.78 is 2.74. The predicted octanol–water partition coefficient (Wildman–Crippen LogP) is 1.75. The summed E-state index contributed by atoms with van der Waals surface area (Å²) in [7, 11) is 0. The average Bonchev–Trinajstić information content (AvgIpc) is 2.70. The zero-order valence-electron chi connectivity index (χ0n) is 8.96. The minimum atomic E-state index is -0.195. The van der Waals surface area contributed by atoms with E-state index in [4.69, 9.17) is 12.6 Å². The summed E-state index contributed by atoms with van der Waals surface area (Å²) in [6.45, 7) is 2.09. The van der Waals surface area contributed by atoms with Crippen molar-refractivity contribution in [3.8, 4) is 5.69 Å². The molecule has 0 saturated heterocycles. The van der Waals surface area contributed by atoms with E-state index in [0.717, 1.165) is 12.1 Å². The molecule has 16 heavy (non-hydrogen) atoms. The van der Waals surface area contributed by atoms with Crippen molar-refractivity contribution < 1.29 is 0 Å². The van der Waals surface area contributed by atoms with Crippen molar-refractivity contribution >= 4 is 12.6 Å². The predicted molar refractivity (Wildman–Crippen MR) is 64.8 cm³/mol. The second-order valence-corrected chi connectivity index (χ2v) is 3.69. The highest BCUT2D eigenvalue weighted by Gasteiger charge is 2.04. The molecule has 0 saturated carbocycles. The summed E-state index contributed by atoms with van der Waals surface area (Å²) in [5.41, 5.74) is 1.86. The second kappa shape index (κ2) is 4.57. The van der Waals surface area contributed by atoms with Crippen LogP contribution in [0.2, 0.25) is 0 Å². The molecule has 0 aliphatic rings. The molecular weight excluding hydrogens is 222 g/mol. The standard InChI is InChI=1S/C11H12N3OS/c1-2-9-3-5-10(6-4-9)13-7-12-14(8-16)11(13)15/h3-7H,2,8H2,1H3. The van der Waals surface area contributed by atoms with Gasteiger partial charge in [0.25, 0.3) is 0 Å². The molecule has 0 amide bonds. The minimum Gasteiger partial charge on any atom is -0.250 e. The van der Waals surface area contributed by atoms with Gasteiger partial charge in [0.15, 0.2) is 0 Å². The van der Waals surface area contributed by atoms with Crippen LogP contribution in [0.15, 0.2) is 35.4 Å². The first-order valence-corrected chi connectivity index (χ1v) is 5.66. The van der Waals surface area contributed by atoms with Crippen LogP contribution in [-0.4, -0.2) is 14.3 Å². The zero-order chi connectivity index (χ0) is 11.5.